The quantitative estimate of drug-likeness (QED) is 0.342. The Balaban J connectivity index is 1.73. The molecule has 0 aliphatic rings. The summed E-state index contributed by atoms with van der Waals surface area (Å²) in [5.41, 5.74) is 4.85. The molecule has 0 saturated heterocycles. The van der Waals surface area contributed by atoms with Crippen molar-refractivity contribution in [1.82, 2.24) is 9.73 Å². The third kappa shape index (κ3) is 6.66. The van der Waals surface area contributed by atoms with Crippen LogP contribution >= 0.6 is 0 Å². The van der Waals surface area contributed by atoms with Gasteiger partial charge in [0.1, 0.15) is 0 Å². The number of carbonyl (C=O) groups excluding carboxylic acids is 1. The lowest BCUT2D eigenvalue weighted by Crippen LogP contribution is -2.40. The summed E-state index contributed by atoms with van der Waals surface area (Å²) in [7, 11) is -2.47. The van der Waals surface area contributed by atoms with Gasteiger partial charge in [0.15, 0.2) is 11.5 Å². The van der Waals surface area contributed by atoms with Crippen LogP contribution < -0.4 is 10.2 Å². The molecule has 0 fully saturated rings. The van der Waals surface area contributed by atoms with E-state index in [0.717, 1.165) is 15.4 Å². The van der Waals surface area contributed by atoms with E-state index in [2.05, 4.69) is 10.5 Å². The Hall–Kier alpha value is -3.69. The number of amides is 1. The first-order valence-corrected chi connectivity index (χ1v) is 12.0. The molecule has 3 rings (SSSR count). The van der Waals surface area contributed by atoms with Gasteiger partial charge in [-0.25, -0.2) is 13.8 Å². The van der Waals surface area contributed by atoms with Gasteiger partial charge in [-0.1, -0.05) is 48.0 Å². The number of hydrogen-bond acceptors (Lipinski definition) is 6. The van der Waals surface area contributed by atoms with Crippen molar-refractivity contribution in [2.24, 2.45) is 5.10 Å². The summed E-state index contributed by atoms with van der Waals surface area (Å²) >= 11 is 0. The van der Waals surface area contributed by atoms with Crippen molar-refractivity contribution >= 4 is 22.1 Å². The van der Waals surface area contributed by atoms with Crippen molar-refractivity contribution in [2.75, 3.05) is 20.2 Å². The highest BCUT2D eigenvalue weighted by molar-refractivity contribution is 7.89. The fourth-order valence-electron chi connectivity index (χ4n) is 3.19. The number of hydrazone groups is 1. The summed E-state index contributed by atoms with van der Waals surface area (Å²) in [5, 5.41) is 13.6. The highest BCUT2D eigenvalue weighted by Gasteiger charge is 2.26. The summed E-state index contributed by atoms with van der Waals surface area (Å²) < 4.78 is 32.7. The zero-order valence-corrected chi connectivity index (χ0v) is 19.8. The van der Waals surface area contributed by atoms with Crippen molar-refractivity contribution < 1.29 is 23.1 Å². The molecule has 0 unspecified atom stereocenters. The van der Waals surface area contributed by atoms with E-state index in [0.29, 0.717) is 12.0 Å². The van der Waals surface area contributed by atoms with E-state index in [4.69, 9.17) is 4.74 Å². The van der Waals surface area contributed by atoms with Crippen molar-refractivity contribution in [3.05, 3.63) is 89.5 Å². The number of aryl methyl sites for hydroxylation is 1. The molecule has 3 aromatic carbocycles. The Morgan fingerprint density at radius 2 is 1.79 bits per heavy atom. The zero-order chi connectivity index (χ0) is 24.6. The van der Waals surface area contributed by atoms with Crippen LogP contribution in [0.5, 0.6) is 11.5 Å². The predicted molar refractivity (Wildman–Crippen MR) is 130 cm³/mol. The maximum absolute atomic E-state index is 13.3. The number of ether oxygens (including phenoxy) is 1. The van der Waals surface area contributed by atoms with E-state index in [-0.39, 0.29) is 29.5 Å². The van der Waals surface area contributed by atoms with Crippen LogP contribution in [0.15, 0.2) is 82.8 Å². The zero-order valence-electron chi connectivity index (χ0n) is 19.0. The number of phenolic OH excluding ortho intramolecular Hbond substituents is 1. The first-order chi connectivity index (χ1) is 16.3. The number of rotatable bonds is 10. The number of nitrogens with zero attached hydrogens (tertiary/aromatic N) is 2. The average molecular weight is 482 g/mol. The summed E-state index contributed by atoms with van der Waals surface area (Å²) in [4.78, 5) is 12.7. The predicted octanol–water partition coefficient (Wildman–Crippen LogP) is 3.09. The van der Waals surface area contributed by atoms with E-state index in [1.54, 1.807) is 24.3 Å². The first kappa shape index (κ1) is 24.9. The number of sulfonamides is 1. The first-order valence-electron chi connectivity index (χ1n) is 10.6. The third-order valence-electron chi connectivity index (χ3n) is 5.08. The minimum Gasteiger partial charge on any atom is -0.504 e. The molecule has 0 aromatic heterocycles. The summed E-state index contributed by atoms with van der Waals surface area (Å²) in [6.07, 6.45) is 1.83. The van der Waals surface area contributed by atoms with Crippen molar-refractivity contribution in [2.45, 2.75) is 18.2 Å². The van der Waals surface area contributed by atoms with Gasteiger partial charge in [-0.15, -0.1) is 0 Å². The third-order valence-corrected chi connectivity index (χ3v) is 6.94. The topological polar surface area (TPSA) is 108 Å². The number of phenols is 1. The molecule has 8 nitrogen and oxygen atoms in total. The summed E-state index contributed by atoms with van der Waals surface area (Å²) in [5.74, 6) is -0.323. The van der Waals surface area contributed by atoms with Gasteiger partial charge < -0.3 is 9.84 Å². The molecule has 0 bridgehead atoms. The van der Waals surface area contributed by atoms with Gasteiger partial charge in [-0.05, 0) is 54.8 Å². The van der Waals surface area contributed by atoms with E-state index in [1.165, 1.54) is 31.5 Å². The monoisotopic (exact) mass is 481 g/mol. The standard InChI is InChI=1S/C25H27N3O5S/c1-19-8-11-22(12-9-19)34(31,32)28(15-14-20-6-4-3-5-7-20)18-25(30)27-26-17-21-10-13-23(29)24(16-21)33-2/h3-13,16-17,29H,14-15,18H2,1-2H3,(H,27,30)/b26-17-. The molecule has 0 aliphatic heterocycles. The van der Waals surface area contributed by atoms with Gasteiger partial charge in [0.05, 0.1) is 24.8 Å². The van der Waals surface area contributed by atoms with Gasteiger partial charge in [0, 0.05) is 6.54 Å². The van der Waals surface area contributed by atoms with Crippen LogP contribution in [-0.4, -0.2) is 50.2 Å². The lowest BCUT2D eigenvalue weighted by Gasteiger charge is -2.21. The molecule has 1 amide bonds. The number of methoxy groups -OCH3 is 1. The summed E-state index contributed by atoms with van der Waals surface area (Å²) in [6.45, 7) is 1.62. The fraction of sp³-hybridized carbons (Fsp3) is 0.200. The summed E-state index contributed by atoms with van der Waals surface area (Å²) in [6, 6.07) is 20.6. The number of carbonyl (C=O) groups is 1. The van der Waals surface area contributed by atoms with E-state index >= 15 is 0 Å². The molecule has 178 valence electrons. The Morgan fingerprint density at radius 3 is 2.47 bits per heavy atom. The van der Waals surface area contributed by atoms with Crippen LogP contribution in [0, 0.1) is 6.92 Å². The number of hydrogen-bond donors (Lipinski definition) is 2. The molecule has 9 heteroatoms. The number of nitrogens with one attached hydrogen (secondary N) is 1. The van der Waals surface area contributed by atoms with Crippen LogP contribution in [-0.2, 0) is 21.2 Å². The van der Waals surface area contributed by atoms with Crippen LogP contribution in [0.2, 0.25) is 0 Å². The number of aromatic hydroxyl groups is 1. The van der Waals surface area contributed by atoms with E-state index < -0.39 is 15.9 Å². The molecule has 0 heterocycles. The Kier molecular flexibility index (Phi) is 8.39. The molecule has 0 spiro atoms. The molecule has 0 radical (unpaired) electrons. The minimum absolute atomic E-state index is 0.0148. The smallest absolute Gasteiger partial charge is 0.255 e. The van der Waals surface area contributed by atoms with Crippen LogP contribution in [0.3, 0.4) is 0 Å². The van der Waals surface area contributed by atoms with Crippen LogP contribution in [0.4, 0.5) is 0 Å². The molecule has 0 saturated carbocycles. The second-order valence-corrected chi connectivity index (χ2v) is 9.55. The minimum atomic E-state index is -3.90. The largest absolute Gasteiger partial charge is 0.504 e. The molecule has 0 aliphatic carbocycles. The normalized spacial score (nSPS) is 11.6. The highest BCUT2D eigenvalue weighted by Crippen LogP contribution is 2.25. The Bertz CT molecular complexity index is 1240. The second kappa shape index (κ2) is 11.4. The van der Waals surface area contributed by atoms with Gasteiger partial charge in [-0.2, -0.15) is 9.41 Å². The van der Waals surface area contributed by atoms with E-state index in [9.17, 15) is 18.3 Å². The van der Waals surface area contributed by atoms with Gasteiger partial charge in [0.25, 0.3) is 5.91 Å². The van der Waals surface area contributed by atoms with Gasteiger partial charge in [0.2, 0.25) is 10.0 Å². The van der Waals surface area contributed by atoms with Crippen molar-refractivity contribution in [3.63, 3.8) is 0 Å². The average Bonchev–Trinajstić information content (AvgIpc) is 2.83. The molecule has 0 atom stereocenters. The van der Waals surface area contributed by atoms with Crippen LogP contribution in [0.25, 0.3) is 0 Å². The Labute approximate surface area is 199 Å². The fourth-order valence-corrected chi connectivity index (χ4v) is 4.59. The van der Waals surface area contributed by atoms with Gasteiger partial charge >= 0.3 is 0 Å². The molecule has 2 N–H and O–H groups in total. The molecule has 3 aromatic rings. The van der Waals surface area contributed by atoms with Gasteiger partial charge in [-0.3, -0.25) is 4.79 Å². The molecular formula is C25H27N3O5S. The van der Waals surface area contributed by atoms with Crippen LogP contribution in [0.1, 0.15) is 16.7 Å². The number of benzene rings is 3. The molecular weight excluding hydrogens is 454 g/mol. The maximum Gasteiger partial charge on any atom is 0.255 e. The molecule has 34 heavy (non-hydrogen) atoms. The van der Waals surface area contributed by atoms with Crippen molar-refractivity contribution in [3.8, 4) is 11.5 Å². The van der Waals surface area contributed by atoms with Crippen molar-refractivity contribution in [1.29, 1.82) is 0 Å². The van der Waals surface area contributed by atoms with E-state index in [1.807, 2.05) is 37.3 Å². The second-order valence-electron chi connectivity index (χ2n) is 7.61. The maximum atomic E-state index is 13.3. The lowest BCUT2D eigenvalue weighted by atomic mass is 10.1. The Morgan fingerprint density at radius 1 is 1.09 bits per heavy atom. The SMILES string of the molecule is COc1cc(/C=N\NC(=O)CN(CCc2ccccc2)S(=O)(=O)c2ccc(C)cc2)ccc1O. The lowest BCUT2D eigenvalue weighted by molar-refractivity contribution is -0.121. The highest BCUT2D eigenvalue weighted by atomic mass is 32.2.